The Morgan fingerprint density at radius 1 is 1.33 bits per heavy atom. The minimum absolute atomic E-state index is 0.0440. The van der Waals surface area contributed by atoms with Gasteiger partial charge in [-0.1, -0.05) is 13.8 Å². The zero-order chi connectivity index (χ0) is 13.7. The normalized spacial score (nSPS) is 12.8. The Balaban J connectivity index is 2.41. The van der Waals surface area contributed by atoms with E-state index in [9.17, 15) is 4.79 Å². The van der Waals surface area contributed by atoms with Gasteiger partial charge >= 0.3 is 0 Å². The maximum Gasteiger partial charge on any atom is 0.236 e. The molecule has 1 amide bonds. The molecule has 18 heavy (non-hydrogen) atoms. The lowest BCUT2D eigenvalue weighted by Gasteiger charge is -2.15. The van der Waals surface area contributed by atoms with Crippen molar-refractivity contribution in [2.45, 2.75) is 47.2 Å². The lowest BCUT2D eigenvalue weighted by molar-refractivity contribution is -0.122. The Morgan fingerprint density at radius 3 is 2.50 bits per heavy atom. The van der Waals surface area contributed by atoms with Crippen LogP contribution >= 0.6 is 0 Å². The van der Waals surface area contributed by atoms with Crippen molar-refractivity contribution in [3.63, 3.8) is 0 Å². The fourth-order valence-electron chi connectivity index (χ4n) is 1.64. The van der Waals surface area contributed by atoms with Gasteiger partial charge in [-0.05, 0) is 26.7 Å². The third-order valence-electron chi connectivity index (χ3n) is 2.94. The Labute approximate surface area is 109 Å². The number of carbonyl (C=O) groups excluding carboxylic acids is 1. The van der Waals surface area contributed by atoms with Gasteiger partial charge in [-0.2, -0.15) is 5.10 Å². The van der Waals surface area contributed by atoms with Gasteiger partial charge in [-0.25, -0.2) is 0 Å². The van der Waals surface area contributed by atoms with E-state index in [0.717, 1.165) is 17.0 Å². The molecule has 1 heterocycles. The molecule has 0 saturated heterocycles. The molecule has 1 atom stereocenters. The molecule has 1 unspecified atom stereocenters. The molecule has 3 N–H and O–H groups in total. The van der Waals surface area contributed by atoms with E-state index in [-0.39, 0.29) is 11.9 Å². The van der Waals surface area contributed by atoms with Gasteiger partial charge in [0.1, 0.15) is 0 Å². The minimum atomic E-state index is -0.197. The van der Waals surface area contributed by atoms with E-state index in [1.54, 1.807) is 0 Å². The Bertz CT molecular complexity index is 378. The first kappa shape index (κ1) is 14.7. The minimum Gasteiger partial charge on any atom is -0.354 e. The molecule has 0 aromatic carbocycles. The second kappa shape index (κ2) is 6.54. The topological polar surface area (TPSA) is 69.8 Å². The van der Waals surface area contributed by atoms with Crippen molar-refractivity contribution in [3.05, 3.63) is 17.0 Å². The monoisotopic (exact) mass is 252 g/mol. The maximum absolute atomic E-state index is 11.8. The molecule has 0 spiro atoms. The fourth-order valence-corrected chi connectivity index (χ4v) is 1.64. The van der Waals surface area contributed by atoms with E-state index >= 15 is 0 Å². The van der Waals surface area contributed by atoms with Crippen LogP contribution in [0.25, 0.3) is 0 Å². The predicted octanol–water partition coefficient (Wildman–Crippen LogP) is 1.28. The highest BCUT2D eigenvalue weighted by atomic mass is 16.2. The van der Waals surface area contributed by atoms with E-state index < -0.39 is 0 Å². The van der Waals surface area contributed by atoms with E-state index in [4.69, 9.17) is 0 Å². The quantitative estimate of drug-likeness (QED) is 0.714. The first-order chi connectivity index (χ1) is 8.41. The number of rotatable bonds is 6. The van der Waals surface area contributed by atoms with E-state index in [1.807, 2.05) is 20.8 Å². The molecule has 1 aromatic heterocycles. The third-order valence-corrected chi connectivity index (χ3v) is 2.94. The van der Waals surface area contributed by atoms with Gasteiger partial charge in [0.15, 0.2) is 0 Å². The average Bonchev–Trinajstić information content (AvgIpc) is 2.63. The molecular weight excluding hydrogens is 228 g/mol. The van der Waals surface area contributed by atoms with Crippen molar-refractivity contribution in [2.75, 3.05) is 6.54 Å². The van der Waals surface area contributed by atoms with Gasteiger partial charge < -0.3 is 10.6 Å². The molecule has 1 aromatic rings. The number of hydrogen-bond acceptors (Lipinski definition) is 3. The molecular formula is C13H24N4O. The van der Waals surface area contributed by atoms with Crippen molar-refractivity contribution in [1.82, 2.24) is 20.8 Å². The zero-order valence-electron chi connectivity index (χ0n) is 11.9. The number of amides is 1. The maximum atomic E-state index is 11.8. The molecule has 0 radical (unpaired) electrons. The Kier molecular flexibility index (Phi) is 5.34. The summed E-state index contributed by atoms with van der Waals surface area (Å²) in [5.74, 6) is 0.516. The lowest BCUT2D eigenvalue weighted by Crippen LogP contribution is -2.43. The van der Waals surface area contributed by atoms with Gasteiger partial charge in [0.05, 0.1) is 11.7 Å². The van der Waals surface area contributed by atoms with Crippen LogP contribution in [-0.4, -0.2) is 28.7 Å². The summed E-state index contributed by atoms with van der Waals surface area (Å²) in [5.41, 5.74) is 3.17. The summed E-state index contributed by atoms with van der Waals surface area (Å²) in [6.07, 6.45) is 0. The van der Waals surface area contributed by atoms with Crippen LogP contribution < -0.4 is 10.6 Å². The lowest BCUT2D eigenvalue weighted by atomic mass is 10.2. The van der Waals surface area contributed by atoms with Crippen molar-refractivity contribution in [1.29, 1.82) is 0 Å². The van der Waals surface area contributed by atoms with Crippen LogP contribution in [0.2, 0.25) is 0 Å². The van der Waals surface area contributed by atoms with Crippen LogP contribution in [0.15, 0.2) is 0 Å². The third kappa shape index (κ3) is 4.14. The van der Waals surface area contributed by atoms with E-state index in [1.165, 1.54) is 0 Å². The van der Waals surface area contributed by atoms with Crippen LogP contribution in [0.1, 0.15) is 37.7 Å². The van der Waals surface area contributed by atoms with Crippen molar-refractivity contribution < 1.29 is 4.79 Å². The molecule has 0 aliphatic carbocycles. The number of hydrogen-bond donors (Lipinski definition) is 3. The molecule has 5 nitrogen and oxygen atoms in total. The van der Waals surface area contributed by atoms with Crippen LogP contribution in [0, 0.1) is 19.8 Å². The van der Waals surface area contributed by atoms with Gasteiger partial charge in [0.25, 0.3) is 0 Å². The predicted molar refractivity (Wildman–Crippen MR) is 72.2 cm³/mol. The first-order valence-electron chi connectivity index (χ1n) is 6.43. The summed E-state index contributed by atoms with van der Waals surface area (Å²) >= 11 is 0. The summed E-state index contributed by atoms with van der Waals surface area (Å²) in [6, 6.07) is -0.197. The standard InChI is InChI=1S/C13H24N4O/c1-8(2)6-15-13(18)11(5)14-7-12-9(3)16-17-10(12)4/h8,11,14H,6-7H2,1-5H3,(H,15,18)(H,16,17). The first-order valence-corrected chi connectivity index (χ1v) is 6.43. The number of nitrogens with one attached hydrogen (secondary N) is 3. The summed E-state index contributed by atoms with van der Waals surface area (Å²) < 4.78 is 0. The largest absolute Gasteiger partial charge is 0.354 e. The van der Waals surface area contributed by atoms with Crippen LogP contribution in [-0.2, 0) is 11.3 Å². The molecule has 0 bridgehead atoms. The van der Waals surface area contributed by atoms with Gasteiger partial charge in [0.2, 0.25) is 5.91 Å². The fraction of sp³-hybridized carbons (Fsp3) is 0.692. The number of aryl methyl sites for hydroxylation is 2. The molecule has 5 heteroatoms. The van der Waals surface area contributed by atoms with Gasteiger partial charge in [0, 0.05) is 24.3 Å². The highest BCUT2D eigenvalue weighted by molar-refractivity contribution is 5.81. The Hall–Kier alpha value is -1.36. The van der Waals surface area contributed by atoms with Crippen molar-refractivity contribution in [2.24, 2.45) is 5.92 Å². The van der Waals surface area contributed by atoms with Crippen LogP contribution in [0.3, 0.4) is 0 Å². The van der Waals surface area contributed by atoms with Crippen molar-refractivity contribution >= 4 is 5.91 Å². The van der Waals surface area contributed by atoms with Crippen LogP contribution in [0.4, 0.5) is 0 Å². The number of aromatic nitrogens is 2. The summed E-state index contributed by atoms with van der Waals surface area (Å²) in [5, 5.41) is 13.2. The molecule has 102 valence electrons. The van der Waals surface area contributed by atoms with E-state index in [2.05, 4.69) is 34.7 Å². The zero-order valence-corrected chi connectivity index (χ0v) is 11.9. The number of aromatic amines is 1. The van der Waals surface area contributed by atoms with Crippen LogP contribution in [0.5, 0.6) is 0 Å². The molecule has 0 aliphatic rings. The number of carbonyl (C=O) groups is 1. The summed E-state index contributed by atoms with van der Waals surface area (Å²) in [6.45, 7) is 11.4. The Morgan fingerprint density at radius 2 is 2.00 bits per heavy atom. The second-order valence-corrected chi connectivity index (χ2v) is 5.15. The average molecular weight is 252 g/mol. The van der Waals surface area contributed by atoms with Gasteiger partial charge in [-0.15, -0.1) is 0 Å². The summed E-state index contributed by atoms with van der Waals surface area (Å²) in [7, 11) is 0. The van der Waals surface area contributed by atoms with E-state index in [0.29, 0.717) is 19.0 Å². The highest BCUT2D eigenvalue weighted by Crippen LogP contribution is 2.08. The SMILES string of the molecule is Cc1n[nH]c(C)c1CNC(C)C(=O)NCC(C)C. The smallest absolute Gasteiger partial charge is 0.236 e. The second-order valence-electron chi connectivity index (χ2n) is 5.15. The molecule has 1 rings (SSSR count). The molecule has 0 fully saturated rings. The number of nitrogens with zero attached hydrogens (tertiary/aromatic N) is 1. The molecule has 0 aliphatic heterocycles. The van der Waals surface area contributed by atoms with Crippen molar-refractivity contribution in [3.8, 4) is 0 Å². The van der Waals surface area contributed by atoms with Gasteiger partial charge in [-0.3, -0.25) is 9.89 Å². The summed E-state index contributed by atoms with van der Waals surface area (Å²) in [4.78, 5) is 11.8. The number of H-pyrrole nitrogens is 1. The highest BCUT2D eigenvalue weighted by Gasteiger charge is 2.14. The molecule has 0 saturated carbocycles.